The average Bonchev–Trinajstić information content (AvgIpc) is 3.37. The van der Waals surface area contributed by atoms with Gasteiger partial charge in [0.2, 0.25) is 0 Å². The van der Waals surface area contributed by atoms with E-state index < -0.39 is 12.3 Å². The van der Waals surface area contributed by atoms with Crippen LogP contribution in [0.1, 0.15) is 19.3 Å². The largest absolute Gasteiger partial charge is 0.507 e. The lowest BCUT2D eigenvalue weighted by Crippen LogP contribution is -2.51. The van der Waals surface area contributed by atoms with Gasteiger partial charge in [-0.25, -0.2) is 14.4 Å². The van der Waals surface area contributed by atoms with Gasteiger partial charge in [-0.15, -0.1) is 5.10 Å². The Morgan fingerprint density at radius 1 is 1.25 bits per heavy atom. The van der Waals surface area contributed by atoms with Crippen molar-refractivity contribution in [1.29, 1.82) is 0 Å². The molecule has 3 aromatic rings. The molecule has 2 aromatic heterocycles. The molecule has 9 heteroatoms. The number of imidazole rings is 1. The van der Waals surface area contributed by atoms with Gasteiger partial charge >= 0.3 is 6.01 Å². The van der Waals surface area contributed by atoms with Crippen LogP contribution in [0.4, 0.5) is 4.39 Å². The molecule has 2 unspecified atom stereocenters. The second-order valence-electron chi connectivity index (χ2n) is 7.18. The van der Waals surface area contributed by atoms with Crippen LogP contribution in [0, 0.1) is 0 Å². The van der Waals surface area contributed by atoms with Gasteiger partial charge in [0.05, 0.1) is 18.2 Å². The van der Waals surface area contributed by atoms with E-state index in [1.54, 1.807) is 35.4 Å². The van der Waals surface area contributed by atoms with E-state index in [1.165, 1.54) is 6.20 Å². The summed E-state index contributed by atoms with van der Waals surface area (Å²) in [7, 11) is 0. The molecule has 4 atom stereocenters. The number of halogens is 1. The highest BCUT2D eigenvalue weighted by atomic mass is 19.1. The van der Waals surface area contributed by atoms with Crippen molar-refractivity contribution in [1.82, 2.24) is 30.0 Å². The number of nitrogens with one attached hydrogen (secondary N) is 1. The van der Waals surface area contributed by atoms with E-state index >= 15 is 0 Å². The predicted octanol–water partition coefficient (Wildman–Crippen LogP) is 2.04. The van der Waals surface area contributed by atoms with Crippen molar-refractivity contribution >= 4 is 0 Å². The van der Waals surface area contributed by atoms with Crippen molar-refractivity contribution in [3.05, 3.63) is 43.1 Å². The third-order valence-corrected chi connectivity index (χ3v) is 5.39. The summed E-state index contributed by atoms with van der Waals surface area (Å²) in [6.07, 6.45) is 7.32. The van der Waals surface area contributed by atoms with E-state index in [4.69, 9.17) is 4.74 Å². The monoisotopic (exact) mass is 382 g/mol. The van der Waals surface area contributed by atoms with Crippen molar-refractivity contribution in [2.45, 2.75) is 43.6 Å². The molecular formula is C19H19FN6O2. The SMILES string of the molecule is Oc1cc(-n2ccnc2)ccc1-c1cnc(O[C@H]2CC3CCC(N3)[C@H]2F)nn1. The van der Waals surface area contributed by atoms with Gasteiger partial charge in [-0.1, -0.05) is 5.10 Å². The Labute approximate surface area is 160 Å². The quantitative estimate of drug-likeness (QED) is 0.712. The van der Waals surface area contributed by atoms with E-state index in [2.05, 4.69) is 25.5 Å². The molecule has 2 fully saturated rings. The molecule has 144 valence electrons. The topological polar surface area (TPSA) is 98.0 Å². The summed E-state index contributed by atoms with van der Waals surface area (Å²) < 4.78 is 21.9. The van der Waals surface area contributed by atoms with Gasteiger partial charge < -0.3 is 19.7 Å². The number of hydrogen-bond acceptors (Lipinski definition) is 7. The van der Waals surface area contributed by atoms with Crippen molar-refractivity contribution in [2.75, 3.05) is 0 Å². The normalized spacial score (nSPS) is 26.3. The van der Waals surface area contributed by atoms with E-state index in [9.17, 15) is 9.50 Å². The molecule has 28 heavy (non-hydrogen) atoms. The molecule has 4 heterocycles. The smallest absolute Gasteiger partial charge is 0.336 e. The molecule has 2 bridgehead atoms. The minimum absolute atomic E-state index is 0.0484. The zero-order valence-electron chi connectivity index (χ0n) is 14.9. The number of rotatable bonds is 4. The van der Waals surface area contributed by atoms with E-state index in [-0.39, 0.29) is 17.8 Å². The lowest BCUT2D eigenvalue weighted by atomic mass is 10.0. The van der Waals surface area contributed by atoms with Gasteiger partial charge in [-0.2, -0.15) is 0 Å². The number of alkyl halides is 1. The Balaban J connectivity index is 1.32. The van der Waals surface area contributed by atoms with Crippen molar-refractivity contribution < 1.29 is 14.2 Å². The van der Waals surface area contributed by atoms with Crippen LogP contribution in [-0.4, -0.2) is 54.2 Å². The molecule has 0 saturated carbocycles. The lowest BCUT2D eigenvalue weighted by Gasteiger charge is -2.31. The van der Waals surface area contributed by atoms with Crippen LogP contribution >= 0.6 is 0 Å². The van der Waals surface area contributed by atoms with E-state index in [0.29, 0.717) is 23.7 Å². The Bertz CT molecular complexity index is 965. The molecule has 0 radical (unpaired) electrons. The first-order chi connectivity index (χ1) is 13.7. The highest BCUT2D eigenvalue weighted by Crippen LogP contribution is 2.32. The summed E-state index contributed by atoms with van der Waals surface area (Å²) in [5.41, 5.74) is 1.68. The zero-order chi connectivity index (χ0) is 19.1. The number of benzene rings is 1. The van der Waals surface area contributed by atoms with Gasteiger partial charge in [-0.05, 0) is 25.0 Å². The number of ether oxygens (including phenoxy) is 1. The van der Waals surface area contributed by atoms with Crippen LogP contribution < -0.4 is 10.1 Å². The van der Waals surface area contributed by atoms with Crippen LogP contribution in [0.25, 0.3) is 16.9 Å². The fourth-order valence-corrected chi connectivity index (χ4v) is 3.96. The molecule has 8 nitrogen and oxygen atoms in total. The minimum Gasteiger partial charge on any atom is -0.507 e. The third-order valence-electron chi connectivity index (χ3n) is 5.39. The van der Waals surface area contributed by atoms with Crippen molar-refractivity contribution in [3.8, 4) is 28.7 Å². The first kappa shape index (κ1) is 17.1. The number of aromatic hydroxyl groups is 1. The summed E-state index contributed by atoms with van der Waals surface area (Å²) >= 11 is 0. The summed E-state index contributed by atoms with van der Waals surface area (Å²) in [4.78, 5) is 8.15. The molecule has 0 amide bonds. The van der Waals surface area contributed by atoms with Crippen LogP contribution in [0.15, 0.2) is 43.1 Å². The number of hydrogen-bond donors (Lipinski definition) is 2. The number of nitrogens with zero attached hydrogens (tertiary/aromatic N) is 5. The molecule has 1 aromatic carbocycles. The lowest BCUT2D eigenvalue weighted by molar-refractivity contribution is 0.0386. The molecule has 2 aliphatic rings. The first-order valence-electron chi connectivity index (χ1n) is 9.25. The number of fused-ring (bicyclic) bond motifs is 2. The van der Waals surface area contributed by atoms with Crippen LogP contribution in [-0.2, 0) is 0 Å². The second kappa shape index (κ2) is 6.83. The number of piperidine rings is 1. The maximum absolute atomic E-state index is 14.5. The van der Waals surface area contributed by atoms with Gasteiger partial charge in [0.15, 0.2) is 6.17 Å². The molecule has 2 N–H and O–H groups in total. The Kier molecular flexibility index (Phi) is 4.16. The summed E-state index contributed by atoms with van der Waals surface area (Å²) in [6.45, 7) is 0. The summed E-state index contributed by atoms with van der Waals surface area (Å²) in [6, 6.07) is 5.37. The summed E-state index contributed by atoms with van der Waals surface area (Å²) in [5.74, 6) is 0.0507. The van der Waals surface area contributed by atoms with E-state index in [1.807, 2.05) is 6.07 Å². The molecule has 0 aliphatic carbocycles. The van der Waals surface area contributed by atoms with Crippen LogP contribution in [0.5, 0.6) is 11.8 Å². The van der Waals surface area contributed by atoms with Crippen molar-refractivity contribution in [2.24, 2.45) is 0 Å². The van der Waals surface area contributed by atoms with Gasteiger partial charge in [-0.3, -0.25) is 0 Å². The minimum atomic E-state index is -1.08. The van der Waals surface area contributed by atoms with Crippen molar-refractivity contribution in [3.63, 3.8) is 0 Å². The standard InChI is InChI=1S/C19H19FN6O2/c20-18-14-4-1-11(23-14)7-17(18)28-19-22-9-15(24-25-19)13-3-2-12(8-16(13)27)26-6-5-21-10-26/h2-3,5-6,8-11,14,17-18,23,27H,1,4,7H2/t11?,14?,17-,18+/m0/s1. The first-order valence-corrected chi connectivity index (χ1v) is 9.25. The fourth-order valence-electron chi connectivity index (χ4n) is 3.96. The molecule has 0 spiro atoms. The fraction of sp³-hybridized carbons (Fsp3) is 0.368. The zero-order valence-corrected chi connectivity index (χ0v) is 14.9. The summed E-state index contributed by atoms with van der Waals surface area (Å²) in [5, 5.41) is 21.7. The van der Waals surface area contributed by atoms with E-state index in [0.717, 1.165) is 18.5 Å². The Morgan fingerprint density at radius 2 is 2.18 bits per heavy atom. The van der Waals surface area contributed by atoms with Gasteiger partial charge in [0.25, 0.3) is 0 Å². The number of phenols is 1. The predicted molar refractivity (Wildman–Crippen MR) is 97.9 cm³/mol. The number of aromatic nitrogens is 5. The maximum atomic E-state index is 14.5. The highest BCUT2D eigenvalue weighted by molar-refractivity contribution is 5.67. The van der Waals surface area contributed by atoms with Crippen LogP contribution in [0.2, 0.25) is 0 Å². The molecular weight excluding hydrogens is 363 g/mol. The average molecular weight is 382 g/mol. The molecule has 2 saturated heterocycles. The second-order valence-corrected chi connectivity index (χ2v) is 7.18. The maximum Gasteiger partial charge on any atom is 0.336 e. The molecule has 5 rings (SSSR count). The Hall–Kier alpha value is -3.07. The molecule has 2 aliphatic heterocycles. The van der Waals surface area contributed by atoms with Crippen LogP contribution in [0.3, 0.4) is 0 Å². The van der Waals surface area contributed by atoms with Gasteiger partial charge in [0.1, 0.15) is 17.5 Å². The van der Waals surface area contributed by atoms with Gasteiger partial charge in [0, 0.05) is 42.5 Å². The third kappa shape index (κ3) is 3.07. The highest BCUT2D eigenvalue weighted by Gasteiger charge is 2.43. The Morgan fingerprint density at radius 3 is 2.93 bits per heavy atom. The number of phenolic OH excluding ortho intramolecular Hbond substituents is 1.